The van der Waals surface area contributed by atoms with Gasteiger partial charge in [0.15, 0.2) is 0 Å². The fourth-order valence-corrected chi connectivity index (χ4v) is 3.36. The summed E-state index contributed by atoms with van der Waals surface area (Å²) in [6.07, 6.45) is 2.33. The van der Waals surface area contributed by atoms with E-state index in [9.17, 15) is 9.59 Å². The number of imide groups is 1. The zero-order chi connectivity index (χ0) is 16.2. The summed E-state index contributed by atoms with van der Waals surface area (Å²) in [6.45, 7) is 0.383. The Kier molecular flexibility index (Phi) is 4.84. The van der Waals surface area contributed by atoms with E-state index >= 15 is 0 Å². The Morgan fingerprint density at radius 3 is 2.43 bits per heavy atom. The molecule has 2 aromatic carbocycles. The van der Waals surface area contributed by atoms with Gasteiger partial charge in [0, 0.05) is 11.6 Å². The summed E-state index contributed by atoms with van der Waals surface area (Å²) in [5, 5.41) is 0.327. The SMILES string of the molecule is O=C1S/C(=C/c2ccccc2Cl)C(=O)N1CCc1ccccc1. The first-order chi connectivity index (χ1) is 11.1. The topological polar surface area (TPSA) is 37.4 Å². The van der Waals surface area contributed by atoms with Crippen LogP contribution in [-0.4, -0.2) is 22.6 Å². The zero-order valence-corrected chi connectivity index (χ0v) is 13.8. The first kappa shape index (κ1) is 15.8. The lowest BCUT2D eigenvalue weighted by atomic mass is 10.1. The highest BCUT2D eigenvalue weighted by Crippen LogP contribution is 2.33. The molecule has 2 amide bonds. The summed E-state index contributed by atoms with van der Waals surface area (Å²) >= 11 is 7.06. The van der Waals surface area contributed by atoms with Gasteiger partial charge in [-0.15, -0.1) is 0 Å². The van der Waals surface area contributed by atoms with Crippen LogP contribution in [0.4, 0.5) is 4.79 Å². The minimum absolute atomic E-state index is 0.232. The summed E-state index contributed by atoms with van der Waals surface area (Å²) in [5.74, 6) is -0.254. The van der Waals surface area contributed by atoms with Gasteiger partial charge in [-0.05, 0) is 41.5 Å². The van der Waals surface area contributed by atoms with E-state index < -0.39 is 0 Å². The minimum Gasteiger partial charge on any atom is -0.268 e. The van der Waals surface area contributed by atoms with Gasteiger partial charge < -0.3 is 0 Å². The molecule has 5 heteroatoms. The highest BCUT2D eigenvalue weighted by Gasteiger charge is 2.34. The van der Waals surface area contributed by atoms with Crippen LogP contribution in [0.15, 0.2) is 59.5 Å². The first-order valence-corrected chi connectivity index (χ1v) is 8.38. The molecule has 0 spiro atoms. The molecule has 0 bridgehead atoms. The average Bonchev–Trinajstić information content (AvgIpc) is 2.82. The van der Waals surface area contributed by atoms with Crippen molar-refractivity contribution in [3.63, 3.8) is 0 Å². The largest absolute Gasteiger partial charge is 0.293 e. The standard InChI is InChI=1S/C18H14ClNO2S/c19-15-9-5-4-8-14(15)12-16-17(21)20(18(22)23-16)11-10-13-6-2-1-3-7-13/h1-9,12H,10-11H2/b16-12+. The van der Waals surface area contributed by atoms with Crippen molar-refractivity contribution in [1.29, 1.82) is 0 Å². The van der Waals surface area contributed by atoms with Crippen molar-refractivity contribution in [2.45, 2.75) is 6.42 Å². The van der Waals surface area contributed by atoms with E-state index in [1.807, 2.05) is 48.5 Å². The molecule has 1 aliphatic rings. The Bertz CT molecular complexity index is 774. The van der Waals surface area contributed by atoms with Gasteiger partial charge in [-0.25, -0.2) is 0 Å². The van der Waals surface area contributed by atoms with Gasteiger partial charge in [-0.2, -0.15) is 0 Å². The van der Waals surface area contributed by atoms with Crippen LogP contribution >= 0.6 is 23.4 Å². The molecule has 1 fully saturated rings. The number of thioether (sulfide) groups is 1. The molecule has 0 radical (unpaired) electrons. The maximum absolute atomic E-state index is 12.4. The highest BCUT2D eigenvalue weighted by atomic mass is 35.5. The van der Waals surface area contributed by atoms with Gasteiger partial charge in [0.05, 0.1) is 4.91 Å². The van der Waals surface area contributed by atoms with Crippen LogP contribution in [0.3, 0.4) is 0 Å². The normalized spacial score (nSPS) is 16.4. The van der Waals surface area contributed by atoms with Crippen LogP contribution in [0.2, 0.25) is 5.02 Å². The Balaban J connectivity index is 1.74. The summed E-state index contributed by atoms with van der Waals surface area (Å²) in [6, 6.07) is 17.0. The maximum atomic E-state index is 12.4. The van der Waals surface area contributed by atoms with Crippen molar-refractivity contribution >= 4 is 40.6 Å². The van der Waals surface area contributed by atoms with Crippen LogP contribution in [0.5, 0.6) is 0 Å². The molecular weight excluding hydrogens is 330 g/mol. The van der Waals surface area contributed by atoms with Gasteiger partial charge in [-0.3, -0.25) is 14.5 Å². The van der Waals surface area contributed by atoms with E-state index in [0.29, 0.717) is 22.9 Å². The van der Waals surface area contributed by atoms with E-state index in [1.54, 1.807) is 12.1 Å². The van der Waals surface area contributed by atoms with Gasteiger partial charge >= 0.3 is 0 Å². The second-order valence-electron chi connectivity index (χ2n) is 5.09. The third-order valence-corrected chi connectivity index (χ3v) is 4.78. The van der Waals surface area contributed by atoms with Gasteiger partial charge in [0.1, 0.15) is 0 Å². The monoisotopic (exact) mass is 343 g/mol. The summed E-state index contributed by atoms with van der Waals surface area (Å²) in [4.78, 5) is 26.2. The lowest BCUT2D eigenvalue weighted by Gasteiger charge is -2.12. The van der Waals surface area contributed by atoms with Crippen LogP contribution in [0.1, 0.15) is 11.1 Å². The van der Waals surface area contributed by atoms with Gasteiger partial charge in [0.25, 0.3) is 11.1 Å². The number of hydrogen-bond donors (Lipinski definition) is 0. The molecule has 0 saturated carbocycles. The van der Waals surface area contributed by atoms with Crippen LogP contribution in [0, 0.1) is 0 Å². The molecule has 0 aromatic heterocycles. The molecule has 116 valence electrons. The second kappa shape index (κ2) is 7.02. The van der Waals surface area contributed by atoms with E-state index in [-0.39, 0.29) is 11.1 Å². The van der Waals surface area contributed by atoms with Crippen molar-refractivity contribution in [3.8, 4) is 0 Å². The van der Waals surface area contributed by atoms with Crippen LogP contribution < -0.4 is 0 Å². The number of rotatable bonds is 4. The minimum atomic E-state index is -0.254. The van der Waals surface area contributed by atoms with E-state index in [2.05, 4.69) is 0 Å². The fourth-order valence-electron chi connectivity index (χ4n) is 2.31. The fraction of sp³-hybridized carbons (Fsp3) is 0.111. The van der Waals surface area contributed by atoms with Crippen molar-refractivity contribution < 1.29 is 9.59 Å². The van der Waals surface area contributed by atoms with E-state index in [1.165, 1.54) is 4.90 Å². The Labute approximate surface area is 143 Å². The van der Waals surface area contributed by atoms with Crippen molar-refractivity contribution in [2.75, 3.05) is 6.54 Å². The molecule has 0 aliphatic carbocycles. The Morgan fingerprint density at radius 1 is 1.00 bits per heavy atom. The Morgan fingerprint density at radius 2 is 1.70 bits per heavy atom. The molecule has 3 nitrogen and oxygen atoms in total. The summed E-state index contributed by atoms with van der Waals surface area (Å²) < 4.78 is 0. The van der Waals surface area contributed by atoms with Crippen molar-refractivity contribution in [3.05, 3.63) is 75.7 Å². The molecule has 0 atom stereocenters. The molecular formula is C18H14ClNO2S. The predicted molar refractivity (Wildman–Crippen MR) is 94.3 cm³/mol. The summed E-state index contributed by atoms with van der Waals surface area (Å²) in [7, 11) is 0. The predicted octanol–water partition coefficient (Wildman–Crippen LogP) is 4.62. The number of benzene rings is 2. The van der Waals surface area contributed by atoms with Crippen molar-refractivity contribution in [2.24, 2.45) is 0 Å². The quantitative estimate of drug-likeness (QED) is 0.760. The summed E-state index contributed by atoms with van der Waals surface area (Å²) in [5.41, 5.74) is 1.84. The molecule has 1 heterocycles. The first-order valence-electron chi connectivity index (χ1n) is 7.19. The van der Waals surface area contributed by atoms with Gasteiger partial charge in [0.2, 0.25) is 0 Å². The van der Waals surface area contributed by atoms with Crippen molar-refractivity contribution in [1.82, 2.24) is 4.90 Å². The number of hydrogen-bond acceptors (Lipinski definition) is 3. The van der Waals surface area contributed by atoms with Gasteiger partial charge in [-0.1, -0.05) is 60.1 Å². The van der Waals surface area contributed by atoms with Crippen LogP contribution in [-0.2, 0) is 11.2 Å². The molecule has 0 N–H and O–H groups in total. The molecule has 3 rings (SSSR count). The molecule has 23 heavy (non-hydrogen) atoms. The Hall–Kier alpha value is -2.04. The molecule has 1 aliphatic heterocycles. The van der Waals surface area contributed by atoms with E-state index in [0.717, 1.165) is 22.9 Å². The molecule has 0 unspecified atom stereocenters. The number of nitrogens with zero attached hydrogens (tertiary/aromatic N) is 1. The highest BCUT2D eigenvalue weighted by molar-refractivity contribution is 8.18. The smallest absolute Gasteiger partial charge is 0.268 e. The third-order valence-electron chi connectivity index (χ3n) is 3.53. The lowest BCUT2D eigenvalue weighted by molar-refractivity contribution is -0.122. The molecule has 2 aromatic rings. The number of carbonyl (C=O) groups excluding carboxylic acids is 2. The van der Waals surface area contributed by atoms with E-state index in [4.69, 9.17) is 11.6 Å². The average molecular weight is 344 g/mol. The number of carbonyl (C=O) groups is 2. The lowest BCUT2D eigenvalue weighted by Crippen LogP contribution is -2.30. The van der Waals surface area contributed by atoms with Crippen LogP contribution in [0.25, 0.3) is 6.08 Å². The zero-order valence-electron chi connectivity index (χ0n) is 12.2. The number of amides is 2. The molecule has 1 saturated heterocycles. The maximum Gasteiger partial charge on any atom is 0.293 e. The second-order valence-corrected chi connectivity index (χ2v) is 6.49. The third kappa shape index (κ3) is 3.66. The number of halogens is 1.